The predicted molar refractivity (Wildman–Crippen MR) is 34.6 cm³/mol. The molecule has 0 radical (unpaired) electrons. The molecule has 52 valence electrons. The maximum Gasteiger partial charge on any atom is 0.247 e. The molecule has 1 aliphatic rings. The van der Waals surface area contributed by atoms with E-state index in [1.807, 2.05) is 6.92 Å². The van der Waals surface area contributed by atoms with Gasteiger partial charge in [-0.1, -0.05) is 6.92 Å². The molecule has 0 spiro atoms. The van der Waals surface area contributed by atoms with Crippen molar-refractivity contribution >= 4 is 0 Å². The van der Waals surface area contributed by atoms with Crippen LogP contribution in [0.4, 0.5) is 0 Å². The first-order valence-electron chi connectivity index (χ1n) is 3.27. The summed E-state index contributed by atoms with van der Waals surface area (Å²) in [5.41, 5.74) is 0. The van der Waals surface area contributed by atoms with Crippen LogP contribution in [0.1, 0.15) is 26.7 Å². The van der Waals surface area contributed by atoms with Gasteiger partial charge in [-0.05, 0) is 6.42 Å². The highest BCUT2D eigenvalue weighted by Gasteiger charge is 2.27. The molecule has 0 saturated carbocycles. The van der Waals surface area contributed by atoms with Gasteiger partial charge in [-0.25, -0.2) is 0 Å². The standard InChI is InChI=1S/C7H12O2/c1-3-4-7(2)8-5-6-9-7/h5-6H,3-4H2,1-2H3. The van der Waals surface area contributed by atoms with E-state index in [1.54, 1.807) is 12.5 Å². The summed E-state index contributed by atoms with van der Waals surface area (Å²) < 4.78 is 10.4. The van der Waals surface area contributed by atoms with Crippen LogP contribution >= 0.6 is 0 Å². The second-order valence-electron chi connectivity index (χ2n) is 2.39. The van der Waals surface area contributed by atoms with E-state index in [2.05, 4.69) is 6.92 Å². The highest BCUT2D eigenvalue weighted by Crippen LogP contribution is 2.24. The molecule has 1 heterocycles. The lowest BCUT2D eigenvalue weighted by molar-refractivity contribution is -0.130. The summed E-state index contributed by atoms with van der Waals surface area (Å²) in [5.74, 6) is -0.366. The van der Waals surface area contributed by atoms with E-state index in [-0.39, 0.29) is 5.79 Å². The van der Waals surface area contributed by atoms with E-state index in [9.17, 15) is 0 Å². The number of hydrogen-bond donors (Lipinski definition) is 0. The summed E-state index contributed by atoms with van der Waals surface area (Å²) in [5, 5.41) is 0. The molecule has 0 atom stereocenters. The molecule has 1 rings (SSSR count). The van der Waals surface area contributed by atoms with Gasteiger partial charge in [0.05, 0.1) is 0 Å². The van der Waals surface area contributed by atoms with Gasteiger partial charge in [0.1, 0.15) is 12.5 Å². The molecular formula is C7H12O2. The summed E-state index contributed by atoms with van der Waals surface area (Å²) in [7, 11) is 0. The van der Waals surface area contributed by atoms with Crippen LogP contribution in [-0.4, -0.2) is 5.79 Å². The fourth-order valence-electron chi connectivity index (χ4n) is 0.943. The summed E-state index contributed by atoms with van der Waals surface area (Å²) in [6, 6.07) is 0. The lowest BCUT2D eigenvalue weighted by Gasteiger charge is -2.21. The van der Waals surface area contributed by atoms with E-state index < -0.39 is 0 Å². The SMILES string of the molecule is CCCC1(C)OC=CO1. The zero-order valence-corrected chi connectivity index (χ0v) is 5.89. The van der Waals surface area contributed by atoms with Crippen LogP contribution in [0.3, 0.4) is 0 Å². The molecule has 9 heavy (non-hydrogen) atoms. The topological polar surface area (TPSA) is 18.5 Å². The second kappa shape index (κ2) is 2.29. The molecule has 0 amide bonds. The lowest BCUT2D eigenvalue weighted by atomic mass is 10.2. The minimum atomic E-state index is -0.366. The highest BCUT2D eigenvalue weighted by molar-refractivity contribution is 4.79. The lowest BCUT2D eigenvalue weighted by Crippen LogP contribution is -2.24. The molecule has 0 aromatic rings. The third kappa shape index (κ3) is 1.37. The first-order chi connectivity index (χ1) is 4.27. The van der Waals surface area contributed by atoms with Crippen molar-refractivity contribution < 1.29 is 9.47 Å². The third-order valence-corrected chi connectivity index (χ3v) is 1.39. The summed E-state index contributed by atoms with van der Waals surface area (Å²) in [6.07, 6.45) is 5.21. The smallest absolute Gasteiger partial charge is 0.247 e. The van der Waals surface area contributed by atoms with Crippen LogP contribution in [0, 0.1) is 0 Å². The van der Waals surface area contributed by atoms with Gasteiger partial charge < -0.3 is 9.47 Å². The van der Waals surface area contributed by atoms with Crippen molar-refractivity contribution in [3.05, 3.63) is 12.5 Å². The molecule has 0 aliphatic carbocycles. The Labute approximate surface area is 55.5 Å². The van der Waals surface area contributed by atoms with E-state index in [0.29, 0.717) is 0 Å². The van der Waals surface area contributed by atoms with Crippen LogP contribution in [-0.2, 0) is 9.47 Å². The molecule has 2 heteroatoms. The minimum Gasteiger partial charge on any atom is -0.457 e. The Balaban J connectivity index is 2.36. The highest BCUT2D eigenvalue weighted by atomic mass is 16.7. The van der Waals surface area contributed by atoms with Crippen molar-refractivity contribution in [2.45, 2.75) is 32.5 Å². The van der Waals surface area contributed by atoms with Gasteiger partial charge in [-0.2, -0.15) is 0 Å². The van der Waals surface area contributed by atoms with Gasteiger partial charge in [0.15, 0.2) is 0 Å². The number of rotatable bonds is 2. The Morgan fingerprint density at radius 1 is 1.33 bits per heavy atom. The van der Waals surface area contributed by atoms with Gasteiger partial charge in [-0.3, -0.25) is 0 Å². The molecule has 0 unspecified atom stereocenters. The first-order valence-corrected chi connectivity index (χ1v) is 3.27. The van der Waals surface area contributed by atoms with Crippen LogP contribution < -0.4 is 0 Å². The van der Waals surface area contributed by atoms with E-state index in [1.165, 1.54) is 0 Å². The van der Waals surface area contributed by atoms with Gasteiger partial charge in [0.25, 0.3) is 0 Å². The number of hydrogen-bond acceptors (Lipinski definition) is 2. The van der Waals surface area contributed by atoms with Crippen LogP contribution in [0.25, 0.3) is 0 Å². The maximum atomic E-state index is 5.18. The van der Waals surface area contributed by atoms with Crippen LogP contribution in [0.5, 0.6) is 0 Å². The quantitative estimate of drug-likeness (QED) is 0.566. The fourth-order valence-corrected chi connectivity index (χ4v) is 0.943. The Morgan fingerprint density at radius 3 is 2.33 bits per heavy atom. The molecule has 0 aromatic carbocycles. The number of ether oxygens (including phenoxy) is 2. The van der Waals surface area contributed by atoms with Crippen molar-refractivity contribution in [3.8, 4) is 0 Å². The molecule has 0 aromatic heterocycles. The third-order valence-electron chi connectivity index (χ3n) is 1.39. The molecule has 2 nitrogen and oxygen atoms in total. The molecule has 0 bridgehead atoms. The van der Waals surface area contributed by atoms with Gasteiger partial charge in [-0.15, -0.1) is 0 Å². The molecule has 0 N–H and O–H groups in total. The van der Waals surface area contributed by atoms with Crippen molar-refractivity contribution in [1.82, 2.24) is 0 Å². The summed E-state index contributed by atoms with van der Waals surface area (Å²) in [6.45, 7) is 4.05. The van der Waals surface area contributed by atoms with Crippen molar-refractivity contribution in [1.29, 1.82) is 0 Å². The zero-order chi connectivity index (χ0) is 6.74. The van der Waals surface area contributed by atoms with Gasteiger partial charge >= 0.3 is 0 Å². The Bertz CT molecular complexity index is 110. The fraction of sp³-hybridized carbons (Fsp3) is 0.714. The molecule has 0 saturated heterocycles. The Morgan fingerprint density at radius 2 is 1.89 bits per heavy atom. The molecule has 0 fully saturated rings. The van der Waals surface area contributed by atoms with E-state index in [4.69, 9.17) is 9.47 Å². The predicted octanol–water partition coefficient (Wildman–Crippen LogP) is 2.02. The summed E-state index contributed by atoms with van der Waals surface area (Å²) in [4.78, 5) is 0. The normalized spacial score (nSPS) is 21.1. The van der Waals surface area contributed by atoms with Gasteiger partial charge in [0.2, 0.25) is 5.79 Å². The van der Waals surface area contributed by atoms with Crippen molar-refractivity contribution in [3.63, 3.8) is 0 Å². The monoisotopic (exact) mass is 128 g/mol. The molecular weight excluding hydrogens is 116 g/mol. The maximum absolute atomic E-state index is 5.18. The first kappa shape index (κ1) is 6.46. The second-order valence-corrected chi connectivity index (χ2v) is 2.39. The van der Waals surface area contributed by atoms with E-state index in [0.717, 1.165) is 12.8 Å². The van der Waals surface area contributed by atoms with E-state index >= 15 is 0 Å². The minimum absolute atomic E-state index is 0.366. The van der Waals surface area contributed by atoms with Gasteiger partial charge in [0, 0.05) is 13.3 Å². The summed E-state index contributed by atoms with van der Waals surface area (Å²) >= 11 is 0. The Hall–Kier alpha value is -0.660. The van der Waals surface area contributed by atoms with Crippen LogP contribution in [0.15, 0.2) is 12.5 Å². The Kier molecular flexibility index (Phi) is 1.65. The average Bonchev–Trinajstić information content (AvgIpc) is 2.16. The molecule has 1 aliphatic heterocycles. The zero-order valence-electron chi connectivity index (χ0n) is 5.89. The van der Waals surface area contributed by atoms with Crippen molar-refractivity contribution in [2.75, 3.05) is 0 Å². The average molecular weight is 128 g/mol. The largest absolute Gasteiger partial charge is 0.457 e. The van der Waals surface area contributed by atoms with Crippen LogP contribution in [0.2, 0.25) is 0 Å². The van der Waals surface area contributed by atoms with Crippen molar-refractivity contribution in [2.24, 2.45) is 0 Å².